The van der Waals surface area contributed by atoms with E-state index < -0.39 is 0 Å². The smallest absolute Gasteiger partial charge is 0.116 e. The van der Waals surface area contributed by atoms with Crippen LogP contribution in [0.25, 0.3) is 22.3 Å². The van der Waals surface area contributed by atoms with E-state index in [4.69, 9.17) is 0 Å². The van der Waals surface area contributed by atoms with Crippen LogP contribution in [0.5, 0.6) is 11.5 Å². The Bertz CT molecular complexity index is 2360. The van der Waals surface area contributed by atoms with Gasteiger partial charge in [0.15, 0.2) is 0 Å². The highest BCUT2D eigenvalue weighted by Gasteiger charge is 2.35. The summed E-state index contributed by atoms with van der Waals surface area (Å²) in [6, 6.07) is 55.4. The zero-order valence-corrected chi connectivity index (χ0v) is 38.9. The van der Waals surface area contributed by atoms with Crippen LogP contribution in [0.15, 0.2) is 158 Å². The summed E-state index contributed by atoms with van der Waals surface area (Å²) in [6.07, 6.45) is 8.13. The lowest BCUT2D eigenvalue weighted by Gasteiger charge is -2.21. The lowest BCUT2D eigenvalue weighted by molar-refractivity contribution is 0.272. The van der Waals surface area contributed by atoms with Crippen molar-refractivity contribution in [2.24, 2.45) is 0 Å². The summed E-state index contributed by atoms with van der Waals surface area (Å²) < 4.78 is 0. The molecule has 1 saturated carbocycles. The van der Waals surface area contributed by atoms with Gasteiger partial charge in [0.2, 0.25) is 0 Å². The number of allylic oxidation sites excluding steroid dienone is 2. The van der Waals surface area contributed by atoms with Gasteiger partial charge in [0.1, 0.15) is 11.5 Å². The molecule has 1 aliphatic carbocycles. The minimum atomic E-state index is 0.149. The molecule has 0 amide bonds. The number of likely N-dealkylation sites (tertiary alicyclic amines) is 2. The van der Waals surface area contributed by atoms with Gasteiger partial charge in [-0.3, -0.25) is 4.90 Å². The van der Waals surface area contributed by atoms with Gasteiger partial charge < -0.3 is 25.3 Å². The second-order valence-corrected chi connectivity index (χ2v) is 18.7. The van der Waals surface area contributed by atoms with Gasteiger partial charge in [-0.2, -0.15) is 0 Å². The zero-order chi connectivity index (χ0) is 45.8. The van der Waals surface area contributed by atoms with Gasteiger partial charge in [-0.15, -0.1) is 0 Å². The van der Waals surface area contributed by atoms with Gasteiger partial charge in [0, 0.05) is 38.4 Å². The van der Waals surface area contributed by atoms with Crippen molar-refractivity contribution in [1.82, 2.24) is 9.80 Å². The van der Waals surface area contributed by atoms with Crippen molar-refractivity contribution >= 4 is 22.3 Å². The summed E-state index contributed by atoms with van der Waals surface area (Å²) >= 11 is 0. The number of aromatic hydroxyl groups is 2. The SMILES string of the molecule is CC(C)N1CCC(c2ccc(/C(=C(/CCCO)c3ccccc3)c3cccc(O)c3)cc2)C1.OCCC/C(=C(/c1ccc(C2CCN(C3CC3)C2)cc1)c1cccc(O)c1)c1ccccc1. The van der Waals surface area contributed by atoms with Gasteiger partial charge in [0.25, 0.3) is 0 Å². The molecule has 6 aromatic carbocycles. The molecule has 6 nitrogen and oxygen atoms in total. The Labute approximate surface area is 393 Å². The van der Waals surface area contributed by atoms with E-state index in [-0.39, 0.29) is 24.7 Å². The maximum atomic E-state index is 10.2. The fraction of sp³-hybridized carbons (Fsp3) is 0.333. The number of rotatable bonds is 16. The van der Waals surface area contributed by atoms with Crippen molar-refractivity contribution in [2.75, 3.05) is 39.4 Å². The molecular formula is C60H68N2O4. The maximum Gasteiger partial charge on any atom is 0.116 e. The van der Waals surface area contributed by atoms with Crippen LogP contribution in [-0.4, -0.2) is 81.7 Å². The highest BCUT2D eigenvalue weighted by molar-refractivity contribution is 6.00. The lowest BCUT2D eigenvalue weighted by Crippen LogP contribution is -2.27. The molecule has 2 aliphatic heterocycles. The van der Waals surface area contributed by atoms with E-state index in [0.29, 0.717) is 30.7 Å². The Morgan fingerprint density at radius 3 is 1.33 bits per heavy atom. The van der Waals surface area contributed by atoms with Gasteiger partial charge in [-0.05, 0) is 181 Å². The first-order valence-corrected chi connectivity index (χ1v) is 24.4. The molecule has 2 saturated heterocycles. The second kappa shape index (κ2) is 22.6. The third kappa shape index (κ3) is 11.8. The zero-order valence-electron chi connectivity index (χ0n) is 38.9. The highest BCUT2D eigenvalue weighted by Crippen LogP contribution is 2.40. The van der Waals surface area contributed by atoms with Crippen LogP contribution in [0.2, 0.25) is 0 Å². The number of aliphatic hydroxyl groups excluding tert-OH is 2. The molecule has 6 heteroatoms. The van der Waals surface area contributed by atoms with Gasteiger partial charge in [-0.25, -0.2) is 0 Å². The number of nitrogens with zero attached hydrogens (tertiary/aromatic N) is 2. The first-order chi connectivity index (χ1) is 32.3. The molecule has 0 spiro atoms. The van der Waals surface area contributed by atoms with E-state index in [1.165, 1.54) is 61.0 Å². The number of phenolic OH excluding ortho intramolecular Hbond substituents is 2. The largest absolute Gasteiger partial charge is 0.508 e. The second-order valence-electron chi connectivity index (χ2n) is 18.7. The van der Waals surface area contributed by atoms with Crippen molar-refractivity contribution in [3.8, 4) is 11.5 Å². The molecule has 9 rings (SSSR count). The van der Waals surface area contributed by atoms with Crippen molar-refractivity contribution < 1.29 is 20.4 Å². The first kappa shape index (κ1) is 46.8. The molecule has 3 aliphatic rings. The number of phenols is 2. The van der Waals surface area contributed by atoms with E-state index in [1.807, 2.05) is 36.4 Å². The average Bonchev–Trinajstić information content (AvgIpc) is 3.85. The van der Waals surface area contributed by atoms with Crippen molar-refractivity contribution in [3.63, 3.8) is 0 Å². The molecule has 2 atom stereocenters. The van der Waals surface area contributed by atoms with Crippen molar-refractivity contribution in [3.05, 3.63) is 202 Å². The van der Waals surface area contributed by atoms with E-state index >= 15 is 0 Å². The highest BCUT2D eigenvalue weighted by atomic mass is 16.3. The summed E-state index contributed by atoms with van der Waals surface area (Å²) in [5.41, 5.74) is 14.0. The quantitative estimate of drug-likeness (QED) is 0.0725. The third-order valence-corrected chi connectivity index (χ3v) is 13.9. The van der Waals surface area contributed by atoms with Gasteiger partial charge >= 0.3 is 0 Å². The molecule has 342 valence electrons. The molecular weight excluding hydrogens is 813 g/mol. The number of hydrogen-bond donors (Lipinski definition) is 4. The monoisotopic (exact) mass is 881 g/mol. The van der Waals surface area contributed by atoms with Crippen molar-refractivity contribution in [2.45, 2.75) is 89.1 Å². The fourth-order valence-electron chi connectivity index (χ4n) is 10.2. The standard InChI is InChI=1S/C30H33NO2.C30H35NO2/c32-19-5-10-29(23-6-2-1-3-7-23)30(25-8-4-9-28(33)20-25)24-13-11-22(12-14-24)26-17-18-31(21-26)27-15-16-27;1-22(2)31-18-17-27(21-31)23-13-15-25(16-14-23)30(26-10-6-11-28(33)20-26)29(12-7-19-32)24-8-4-3-5-9-24/h1-4,6-9,11-14,20,26-27,32-33H,5,10,15-19,21H2;3-6,8-11,13-16,20,22,27,32-33H,7,12,17-19,21H2,1-2H3/b2*30-29+. The molecule has 2 heterocycles. The lowest BCUT2D eigenvalue weighted by atomic mass is 9.86. The Morgan fingerprint density at radius 2 is 0.924 bits per heavy atom. The molecule has 6 aromatic rings. The normalized spacial score (nSPS) is 18.4. The van der Waals surface area contributed by atoms with E-state index in [9.17, 15) is 20.4 Å². The number of aliphatic hydroxyl groups is 2. The summed E-state index contributed by atoms with van der Waals surface area (Å²) in [5, 5.41) is 39.6. The topological polar surface area (TPSA) is 87.4 Å². The van der Waals surface area contributed by atoms with E-state index in [0.717, 1.165) is 76.5 Å². The minimum Gasteiger partial charge on any atom is -0.508 e. The van der Waals surface area contributed by atoms with E-state index in [2.05, 4.69) is 133 Å². The molecule has 0 aromatic heterocycles. The van der Waals surface area contributed by atoms with Crippen LogP contribution in [0, 0.1) is 0 Å². The van der Waals surface area contributed by atoms with Crippen LogP contribution in [0.3, 0.4) is 0 Å². The fourth-order valence-corrected chi connectivity index (χ4v) is 10.2. The molecule has 0 radical (unpaired) electrons. The predicted octanol–water partition coefficient (Wildman–Crippen LogP) is 12.4. The van der Waals surface area contributed by atoms with Gasteiger partial charge in [0.05, 0.1) is 0 Å². The van der Waals surface area contributed by atoms with Crippen LogP contribution in [0.1, 0.15) is 122 Å². The van der Waals surface area contributed by atoms with Crippen LogP contribution >= 0.6 is 0 Å². The molecule has 2 unspecified atom stereocenters. The Balaban J connectivity index is 0.000000179. The maximum absolute atomic E-state index is 10.2. The molecule has 0 bridgehead atoms. The summed E-state index contributed by atoms with van der Waals surface area (Å²) in [5.74, 6) is 1.73. The Morgan fingerprint density at radius 1 is 0.485 bits per heavy atom. The molecule has 4 N–H and O–H groups in total. The predicted molar refractivity (Wildman–Crippen MR) is 272 cm³/mol. The molecule has 3 fully saturated rings. The van der Waals surface area contributed by atoms with Gasteiger partial charge in [-0.1, -0.05) is 133 Å². The van der Waals surface area contributed by atoms with Crippen LogP contribution in [-0.2, 0) is 0 Å². The number of hydrogen-bond acceptors (Lipinski definition) is 6. The first-order valence-electron chi connectivity index (χ1n) is 24.4. The summed E-state index contributed by atoms with van der Waals surface area (Å²) in [6.45, 7) is 9.55. The minimum absolute atomic E-state index is 0.149. The summed E-state index contributed by atoms with van der Waals surface area (Å²) in [7, 11) is 0. The molecule has 66 heavy (non-hydrogen) atoms. The van der Waals surface area contributed by atoms with Crippen LogP contribution in [0.4, 0.5) is 0 Å². The number of benzene rings is 6. The summed E-state index contributed by atoms with van der Waals surface area (Å²) in [4.78, 5) is 5.22. The van der Waals surface area contributed by atoms with Crippen molar-refractivity contribution in [1.29, 1.82) is 0 Å². The average molecular weight is 881 g/mol. The van der Waals surface area contributed by atoms with Crippen LogP contribution < -0.4 is 0 Å². The Hall–Kier alpha value is -5.76. The Kier molecular flexibility index (Phi) is 16.0. The van der Waals surface area contributed by atoms with E-state index in [1.54, 1.807) is 12.1 Å². The third-order valence-electron chi connectivity index (χ3n) is 13.9.